The molecule has 15 heavy (non-hydrogen) atoms. The van der Waals surface area contributed by atoms with E-state index < -0.39 is 0 Å². The summed E-state index contributed by atoms with van der Waals surface area (Å²) < 4.78 is 1.07. The van der Waals surface area contributed by atoms with Crippen LogP contribution in [0.15, 0.2) is 16.7 Å². The van der Waals surface area contributed by atoms with Crippen molar-refractivity contribution in [3.8, 4) is 0 Å². The average molecular weight is 269 g/mol. The largest absolute Gasteiger partial charge is 0.370 e. The average Bonchev–Trinajstić information content (AvgIpc) is 2.77. The van der Waals surface area contributed by atoms with Crippen LogP contribution in [0.4, 0.5) is 5.82 Å². The number of rotatable bonds is 3. The van der Waals surface area contributed by atoms with Crippen molar-refractivity contribution < 1.29 is 0 Å². The fraction of sp³-hybridized carbons (Fsp3) is 0.583. The van der Waals surface area contributed by atoms with Crippen LogP contribution in [0.3, 0.4) is 0 Å². The molecule has 1 heterocycles. The van der Waals surface area contributed by atoms with Crippen LogP contribution in [0.5, 0.6) is 0 Å². The fourth-order valence-corrected chi connectivity index (χ4v) is 2.01. The number of aryl methyl sites for hydroxylation is 1. The maximum Gasteiger partial charge on any atom is 0.126 e. The minimum Gasteiger partial charge on any atom is -0.370 e. The Labute approximate surface area is 99.6 Å². The van der Waals surface area contributed by atoms with Gasteiger partial charge in [0.15, 0.2) is 0 Å². The zero-order chi connectivity index (χ0) is 11.1. The first-order valence-electron chi connectivity index (χ1n) is 5.35. The molecule has 1 N–H and O–H groups in total. The van der Waals surface area contributed by atoms with Crippen molar-refractivity contribution in [1.29, 1.82) is 0 Å². The molecule has 1 fully saturated rings. The van der Waals surface area contributed by atoms with Crippen molar-refractivity contribution >= 4 is 21.7 Å². The number of nitrogens with one attached hydrogen (secondary N) is 1. The van der Waals surface area contributed by atoms with Gasteiger partial charge >= 0.3 is 0 Å². The van der Waals surface area contributed by atoms with Crippen molar-refractivity contribution in [2.45, 2.75) is 27.2 Å². The van der Waals surface area contributed by atoms with Crippen LogP contribution in [0.2, 0.25) is 0 Å². The zero-order valence-electron chi connectivity index (χ0n) is 9.47. The molecule has 0 amide bonds. The first-order valence-corrected chi connectivity index (χ1v) is 6.14. The smallest absolute Gasteiger partial charge is 0.126 e. The molecule has 1 aliphatic rings. The number of hydrogen-bond donors (Lipinski definition) is 1. The van der Waals surface area contributed by atoms with Crippen LogP contribution in [0.25, 0.3) is 0 Å². The third-order valence-corrected chi connectivity index (χ3v) is 4.12. The van der Waals surface area contributed by atoms with Gasteiger partial charge in [0.05, 0.1) is 0 Å². The number of anilines is 1. The first-order chi connectivity index (χ1) is 6.99. The summed E-state index contributed by atoms with van der Waals surface area (Å²) >= 11 is 3.45. The number of nitrogens with zero attached hydrogens (tertiary/aromatic N) is 1. The number of aromatic nitrogens is 1. The van der Waals surface area contributed by atoms with Crippen LogP contribution in [0.1, 0.15) is 25.8 Å². The van der Waals surface area contributed by atoms with Gasteiger partial charge in [-0.2, -0.15) is 0 Å². The van der Waals surface area contributed by atoms with Crippen LogP contribution < -0.4 is 5.32 Å². The highest BCUT2D eigenvalue weighted by Crippen LogP contribution is 2.51. The molecule has 1 saturated carbocycles. The van der Waals surface area contributed by atoms with Crippen LogP contribution in [-0.2, 0) is 0 Å². The van der Waals surface area contributed by atoms with Crippen molar-refractivity contribution in [2.75, 3.05) is 11.9 Å². The second-order valence-corrected chi connectivity index (χ2v) is 5.94. The van der Waals surface area contributed by atoms with E-state index in [4.69, 9.17) is 0 Å². The molecule has 1 atom stereocenters. The molecule has 1 aromatic rings. The van der Waals surface area contributed by atoms with E-state index >= 15 is 0 Å². The lowest BCUT2D eigenvalue weighted by molar-refractivity contribution is 0.573. The summed E-state index contributed by atoms with van der Waals surface area (Å²) in [7, 11) is 0. The van der Waals surface area contributed by atoms with Gasteiger partial charge in [-0.15, -0.1) is 0 Å². The molecule has 2 nitrogen and oxygen atoms in total. The monoisotopic (exact) mass is 268 g/mol. The predicted molar refractivity (Wildman–Crippen MR) is 67.1 cm³/mol. The standard InChI is InChI=1S/C12H17BrN2/c1-8-4-11(15-7-10(8)13)14-6-9-5-12(9,2)3/h4,7,9H,5-6H2,1-3H3,(H,14,15). The molecular weight excluding hydrogens is 252 g/mol. The van der Waals surface area contributed by atoms with E-state index in [2.05, 4.69) is 53.1 Å². The quantitative estimate of drug-likeness (QED) is 0.906. The lowest BCUT2D eigenvalue weighted by atomic mass is 10.1. The summed E-state index contributed by atoms with van der Waals surface area (Å²) in [6.07, 6.45) is 3.19. The minimum absolute atomic E-state index is 0.539. The van der Waals surface area contributed by atoms with Gasteiger partial charge in [-0.05, 0) is 52.2 Å². The molecule has 0 aliphatic heterocycles. The second kappa shape index (κ2) is 3.78. The highest BCUT2D eigenvalue weighted by atomic mass is 79.9. The lowest BCUT2D eigenvalue weighted by Crippen LogP contribution is -2.08. The Kier molecular flexibility index (Phi) is 2.75. The number of pyridine rings is 1. The normalized spacial score (nSPS) is 22.5. The lowest BCUT2D eigenvalue weighted by Gasteiger charge is -2.08. The molecule has 0 bridgehead atoms. The van der Waals surface area contributed by atoms with Crippen molar-refractivity contribution in [3.63, 3.8) is 0 Å². The number of hydrogen-bond acceptors (Lipinski definition) is 2. The molecule has 82 valence electrons. The van der Waals surface area contributed by atoms with Crippen LogP contribution >= 0.6 is 15.9 Å². The fourth-order valence-electron chi connectivity index (χ4n) is 1.79. The maximum atomic E-state index is 4.33. The molecule has 0 saturated heterocycles. The van der Waals surface area contributed by atoms with E-state index in [0.717, 1.165) is 22.8 Å². The Morgan fingerprint density at radius 2 is 2.27 bits per heavy atom. The Hall–Kier alpha value is -0.570. The summed E-state index contributed by atoms with van der Waals surface area (Å²) in [5.74, 6) is 1.79. The van der Waals surface area contributed by atoms with Gasteiger partial charge in [-0.1, -0.05) is 13.8 Å². The Morgan fingerprint density at radius 3 is 2.80 bits per heavy atom. The summed E-state index contributed by atoms with van der Waals surface area (Å²) in [5.41, 5.74) is 1.76. The molecule has 0 radical (unpaired) electrons. The minimum atomic E-state index is 0.539. The van der Waals surface area contributed by atoms with E-state index in [-0.39, 0.29) is 0 Å². The molecule has 2 rings (SSSR count). The Balaban J connectivity index is 1.92. The predicted octanol–water partition coefficient (Wildman–Crippen LogP) is 3.61. The van der Waals surface area contributed by atoms with E-state index in [1.54, 1.807) is 0 Å². The second-order valence-electron chi connectivity index (χ2n) is 5.09. The van der Waals surface area contributed by atoms with Gasteiger partial charge in [-0.3, -0.25) is 0 Å². The summed E-state index contributed by atoms with van der Waals surface area (Å²) in [5, 5.41) is 3.40. The van der Waals surface area contributed by atoms with E-state index in [1.165, 1.54) is 12.0 Å². The van der Waals surface area contributed by atoms with E-state index in [0.29, 0.717) is 5.41 Å². The summed E-state index contributed by atoms with van der Waals surface area (Å²) in [4.78, 5) is 4.33. The molecular formula is C12H17BrN2. The zero-order valence-corrected chi connectivity index (χ0v) is 11.1. The molecule has 0 spiro atoms. The van der Waals surface area contributed by atoms with Gasteiger partial charge in [-0.25, -0.2) is 4.98 Å². The van der Waals surface area contributed by atoms with Crippen molar-refractivity contribution in [2.24, 2.45) is 11.3 Å². The van der Waals surface area contributed by atoms with Gasteiger partial charge in [0.1, 0.15) is 5.82 Å². The molecule has 1 unspecified atom stereocenters. The maximum absolute atomic E-state index is 4.33. The SMILES string of the molecule is Cc1cc(NCC2CC2(C)C)ncc1Br. The van der Waals surface area contributed by atoms with Gasteiger partial charge in [0.2, 0.25) is 0 Å². The molecule has 1 aromatic heterocycles. The Bertz CT molecular complexity index is 374. The molecule has 1 aliphatic carbocycles. The van der Waals surface area contributed by atoms with Crippen molar-refractivity contribution in [3.05, 3.63) is 22.3 Å². The summed E-state index contributed by atoms with van der Waals surface area (Å²) in [6.45, 7) is 7.76. The highest BCUT2D eigenvalue weighted by molar-refractivity contribution is 9.10. The van der Waals surface area contributed by atoms with Crippen molar-refractivity contribution in [1.82, 2.24) is 4.98 Å². The van der Waals surface area contributed by atoms with Gasteiger partial charge in [0, 0.05) is 17.2 Å². The van der Waals surface area contributed by atoms with Crippen LogP contribution in [-0.4, -0.2) is 11.5 Å². The van der Waals surface area contributed by atoms with Crippen LogP contribution in [0, 0.1) is 18.3 Å². The van der Waals surface area contributed by atoms with Gasteiger partial charge < -0.3 is 5.32 Å². The third kappa shape index (κ3) is 2.51. The molecule has 0 aromatic carbocycles. The summed E-state index contributed by atoms with van der Waals surface area (Å²) in [6, 6.07) is 2.08. The molecule has 3 heteroatoms. The third-order valence-electron chi connectivity index (χ3n) is 3.29. The topological polar surface area (TPSA) is 24.9 Å². The van der Waals surface area contributed by atoms with E-state index in [1.807, 2.05) is 6.20 Å². The van der Waals surface area contributed by atoms with Gasteiger partial charge in [0.25, 0.3) is 0 Å². The van der Waals surface area contributed by atoms with E-state index in [9.17, 15) is 0 Å². The first kappa shape index (κ1) is 10.9. The highest BCUT2D eigenvalue weighted by Gasteiger charge is 2.44. The number of halogens is 1. The Morgan fingerprint density at radius 1 is 1.60 bits per heavy atom.